The fraction of sp³-hybridized carbons (Fsp3) is 0.105. The third kappa shape index (κ3) is 4.65. The van der Waals surface area contributed by atoms with Crippen LogP contribution in [0.15, 0.2) is 51.0 Å². The Bertz CT molecular complexity index is 1020. The Morgan fingerprint density at radius 3 is 2.52 bits per heavy atom. The Balaban J connectivity index is 1.75. The number of para-hydroxylation sites is 1. The Kier molecular flexibility index (Phi) is 6.33. The second-order valence-corrected chi connectivity index (χ2v) is 7.63. The molecule has 0 atom stereocenters. The van der Waals surface area contributed by atoms with E-state index < -0.39 is 30.2 Å². The van der Waals surface area contributed by atoms with Crippen LogP contribution in [0.3, 0.4) is 0 Å². The minimum absolute atomic E-state index is 0.0117. The van der Waals surface area contributed by atoms with E-state index in [0.29, 0.717) is 20.3 Å². The molecule has 1 heterocycles. The lowest BCUT2D eigenvalue weighted by Gasteiger charge is -2.12. The average Bonchev–Trinajstić information content (AvgIpc) is 2.91. The van der Waals surface area contributed by atoms with Crippen molar-refractivity contribution < 1.29 is 23.5 Å². The van der Waals surface area contributed by atoms with Crippen molar-refractivity contribution in [1.29, 1.82) is 0 Å². The molecule has 10 heteroatoms. The van der Waals surface area contributed by atoms with E-state index in [4.69, 9.17) is 4.74 Å². The van der Waals surface area contributed by atoms with Gasteiger partial charge in [-0.05, 0) is 67.8 Å². The molecule has 1 aliphatic heterocycles. The summed E-state index contributed by atoms with van der Waals surface area (Å²) in [6.07, 6.45) is 1.48. The molecule has 0 spiro atoms. The van der Waals surface area contributed by atoms with Crippen LogP contribution in [0.4, 0.5) is 14.9 Å². The highest BCUT2D eigenvalue weighted by atomic mass is 79.9. The zero-order valence-corrected chi connectivity index (χ0v) is 18.1. The number of carbonyl (C=O) groups is 3. The van der Waals surface area contributed by atoms with Crippen molar-refractivity contribution in [2.24, 2.45) is 0 Å². The van der Waals surface area contributed by atoms with Gasteiger partial charge in [0.25, 0.3) is 5.91 Å². The lowest BCUT2D eigenvalue weighted by Crippen LogP contribution is -2.38. The number of nitrogens with zero attached hydrogens (tertiary/aromatic N) is 1. The number of methoxy groups -OCH3 is 1. The summed E-state index contributed by atoms with van der Waals surface area (Å²) >= 11 is 6.73. The van der Waals surface area contributed by atoms with Crippen LogP contribution in [0.2, 0.25) is 0 Å². The SMILES string of the molecule is COc1c(Br)cc(/C=C2/NC(=O)N(CC(=O)Nc3ccccc3F)C2=O)cc1Br. The van der Waals surface area contributed by atoms with E-state index in [1.807, 2.05) is 0 Å². The lowest BCUT2D eigenvalue weighted by atomic mass is 10.2. The van der Waals surface area contributed by atoms with E-state index in [0.717, 1.165) is 4.90 Å². The summed E-state index contributed by atoms with van der Waals surface area (Å²) in [6.45, 7) is -0.549. The van der Waals surface area contributed by atoms with Gasteiger partial charge >= 0.3 is 6.03 Å². The summed E-state index contributed by atoms with van der Waals surface area (Å²) in [5.74, 6) is -1.40. The lowest BCUT2D eigenvalue weighted by molar-refractivity contribution is -0.127. The van der Waals surface area contributed by atoms with Gasteiger partial charge in [-0.1, -0.05) is 12.1 Å². The number of benzene rings is 2. The van der Waals surface area contributed by atoms with Crippen LogP contribution in [0.1, 0.15) is 5.56 Å². The molecule has 0 saturated carbocycles. The molecule has 150 valence electrons. The molecule has 2 N–H and O–H groups in total. The predicted octanol–water partition coefficient (Wildman–Crippen LogP) is 3.89. The van der Waals surface area contributed by atoms with Crippen LogP contribution >= 0.6 is 31.9 Å². The largest absolute Gasteiger partial charge is 0.494 e. The van der Waals surface area contributed by atoms with E-state index in [9.17, 15) is 18.8 Å². The molecule has 7 nitrogen and oxygen atoms in total. The number of urea groups is 1. The monoisotopic (exact) mass is 525 g/mol. The number of halogens is 3. The van der Waals surface area contributed by atoms with Gasteiger partial charge in [-0.15, -0.1) is 0 Å². The second-order valence-electron chi connectivity index (χ2n) is 5.93. The Hall–Kier alpha value is -2.72. The van der Waals surface area contributed by atoms with Gasteiger partial charge in [0, 0.05) is 0 Å². The van der Waals surface area contributed by atoms with Crippen LogP contribution in [-0.2, 0) is 9.59 Å². The Morgan fingerprint density at radius 1 is 1.24 bits per heavy atom. The minimum atomic E-state index is -0.739. The predicted molar refractivity (Wildman–Crippen MR) is 112 cm³/mol. The van der Waals surface area contributed by atoms with Crippen molar-refractivity contribution in [1.82, 2.24) is 10.2 Å². The highest BCUT2D eigenvalue weighted by Gasteiger charge is 2.35. The molecule has 0 unspecified atom stereocenters. The standard InChI is InChI=1S/C19H14Br2FN3O4/c1-29-17-11(20)6-10(7-12(17)21)8-15-18(27)25(19(28)24-15)9-16(26)23-14-5-3-2-4-13(14)22/h2-8H,9H2,1H3,(H,23,26)(H,24,28)/b15-8+. The first-order chi connectivity index (χ1) is 13.8. The number of hydrogen-bond acceptors (Lipinski definition) is 4. The number of carbonyl (C=O) groups excluding carboxylic acids is 3. The third-order valence-electron chi connectivity index (χ3n) is 3.95. The molecule has 0 bridgehead atoms. The van der Waals surface area contributed by atoms with E-state index in [1.54, 1.807) is 18.2 Å². The minimum Gasteiger partial charge on any atom is -0.494 e. The summed E-state index contributed by atoms with van der Waals surface area (Å²) in [5, 5.41) is 4.77. The van der Waals surface area contributed by atoms with Gasteiger partial charge in [0.05, 0.1) is 21.7 Å². The van der Waals surface area contributed by atoms with Gasteiger partial charge in [-0.2, -0.15) is 0 Å². The van der Waals surface area contributed by atoms with Crippen LogP contribution < -0.4 is 15.4 Å². The fourth-order valence-corrected chi connectivity index (χ4v) is 4.18. The fourth-order valence-electron chi connectivity index (χ4n) is 2.64. The molecule has 2 aromatic carbocycles. The Labute approximate surface area is 182 Å². The maximum atomic E-state index is 13.6. The maximum absolute atomic E-state index is 13.6. The van der Waals surface area contributed by atoms with Gasteiger partial charge in [0.1, 0.15) is 23.8 Å². The molecule has 3 rings (SSSR count). The van der Waals surface area contributed by atoms with Crippen LogP contribution in [-0.4, -0.2) is 36.4 Å². The molecule has 0 radical (unpaired) electrons. The molecule has 0 aliphatic carbocycles. The molecule has 29 heavy (non-hydrogen) atoms. The second kappa shape index (κ2) is 8.75. The van der Waals surface area contributed by atoms with Crippen molar-refractivity contribution in [2.75, 3.05) is 19.0 Å². The van der Waals surface area contributed by atoms with Crippen molar-refractivity contribution >= 4 is 61.5 Å². The summed E-state index contributed by atoms with van der Waals surface area (Å²) in [7, 11) is 1.52. The number of amides is 4. The van der Waals surface area contributed by atoms with Gasteiger partial charge in [0.2, 0.25) is 5.91 Å². The van der Waals surface area contributed by atoms with Gasteiger partial charge in [0.15, 0.2) is 0 Å². The van der Waals surface area contributed by atoms with Crippen LogP contribution in [0.25, 0.3) is 6.08 Å². The highest BCUT2D eigenvalue weighted by Crippen LogP contribution is 2.35. The number of nitrogens with one attached hydrogen (secondary N) is 2. The summed E-state index contributed by atoms with van der Waals surface area (Å²) in [4.78, 5) is 37.6. The molecule has 1 fully saturated rings. The third-order valence-corrected chi connectivity index (χ3v) is 5.13. The molecule has 2 aromatic rings. The number of hydrogen-bond donors (Lipinski definition) is 2. The molecular formula is C19H14Br2FN3O4. The quantitative estimate of drug-likeness (QED) is 0.457. The van der Waals surface area contributed by atoms with Crippen molar-refractivity contribution in [3.63, 3.8) is 0 Å². The first kappa shape index (κ1) is 21.0. The zero-order chi connectivity index (χ0) is 21.1. The van der Waals surface area contributed by atoms with Gasteiger partial charge < -0.3 is 15.4 Å². The maximum Gasteiger partial charge on any atom is 0.329 e. The van der Waals surface area contributed by atoms with Crippen molar-refractivity contribution in [3.05, 3.63) is 62.4 Å². The van der Waals surface area contributed by atoms with E-state index in [1.165, 1.54) is 31.4 Å². The van der Waals surface area contributed by atoms with E-state index in [2.05, 4.69) is 42.5 Å². The van der Waals surface area contributed by atoms with Gasteiger partial charge in [-0.25, -0.2) is 14.1 Å². The summed E-state index contributed by atoms with van der Waals surface area (Å²) in [6, 6.07) is 8.29. The molecule has 1 aliphatic rings. The molecule has 0 aromatic heterocycles. The number of rotatable bonds is 5. The van der Waals surface area contributed by atoms with Crippen molar-refractivity contribution in [2.45, 2.75) is 0 Å². The number of imide groups is 1. The first-order valence-electron chi connectivity index (χ1n) is 8.22. The van der Waals surface area contributed by atoms with Gasteiger partial charge in [-0.3, -0.25) is 9.59 Å². The smallest absolute Gasteiger partial charge is 0.329 e. The number of anilines is 1. The van der Waals surface area contributed by atoms with Crippen LogP contribution in [0, 0.1) is 5.82 Å². The average molecular weight is 527 g/mol. The summed E-state index contributed by atoms with van der Waals surface area (Å²) < 4.78 is 20.2. The van der Waals surface area contributed by atoms with E-state index in [-0.39, 0.29) is 11.4 Å². The zero-order valence-electron chi connectivity index (χ0n) is 15.0. The molecule has 4 amide bonds. The first-order valence-corrected chi connectivity index (χ1v) is 9.80. The summed E-state index contributed by atoms with van der Waals surface area (Å²) in [5.41, 5.74) is 0.594. The normalized spacial score (nSPS) is 14.9. The van der Waals surface area contributed by atoms with Crippen LogP contribution in [0.5, 0.6) is 5.75 Å². The highest BCUT2D eigenvalue weighted by molar-refractivity contribution is 9.11. The van der Waals surface area contributed by atoms with E-state index >= 15 is 0 Å². The number of ether oxygens (including phenoxy) is 1. The Morgan fingerprint density at radius 2 is 1.90 bits per heavy atom. The molecular weight excluding hydrogens is 513 g/mol. The molecule has 1 saturated heterocycles. The topological polar surface area (TPSA) is 87.7 Å². The van der Waals surface area contributed by atoms with Crippen molar-refractivity contribution in [3.8, 4) is 5.75 Å².